The number of sulfonamides is 1. The van der Waals surface area contributed by atoms with E-state index in [1.165, 1.54) is 43.3 Å². The first-order valence-corrected chi connectivity index (χ1v) is 15.2. The van der Waals surface area contributed by atoms with Crippen molar-refractivity contribution in [3.8, 4) is 0 Å². The molecule has 0 saturated carbocycles. The number of hydrogen-bond donors (Lipinski definition) is 1. The molecule has 3 aromatic carbocycles. The third-order valence-corrected chi connectivity index (χ3v) is 9.04. The lowest BCUT2D eigenvalue weighted by Crippen LogP contribution is -2.51. The van der Waals surface area contributed by atoms with Gasteiger partial charge >= 0.3 is 6.18 Å². The predicted octanol–water partition coefficient (Wildman–Crippen LogP) is 6.80. The van der Waals surface area contributed by atoms with Crippen LogP contribution in [-0.2, 0) is 32.3 Å². The van der Waals surface area contributed by atoms with Crippen LogP contribution in [0.25, 0.3) is 0 Å². The van der Waals surface area contributed by atoms with E-state index in [-0.39, 0.29) is 26.5 Å². The molecule has 7 nitrogen and oxygen atoms in total. The minimum atomic E-state index is -4.82. The van der Waals surface area contributed by atoms with Crippen molar-refractivity contribution in [1.29, 1.82) is 0 Å². The fourth-order valence-corrected chi connectivity index (χ4v) is 5.96. The van der Waals surface area contributed by atoms with Crippen molar-refractivity contribution < 1.29 is 31.2 Å². The van der Waals surface area contributed by atoms with Crippen molar-refractivity contribution in [3.63, 3.8) is 0 Å². The van der Waals surface area contributed by atoms with Crippen molar-refractivity contribution in [3.05, 3.63) is 92.9 Å². The number of rotatable bonds is 11. The third-order valence-electron chi connectivity index (χ3n) is 6.21. The van der Waals surface area contributed by atoms with E-state index in [1.54, 1.807) is 12.1 Å². The molecule has 0 aliphatic heterocycles. The number of benzene rings is 3. The van der Waals surface area contributed by atoms with Crippen LogP contribution in [0.4, 0.5) is 18.9 Å². The molecule has 1 atom stereocenters. The molecule has 0 bridgehead atoms. The number of hydrogen-bond acceptors (Lipinski definition) is 4. The SMILES string of the molecule is CCCNC(=O)[C@@H](C)N(Cc1ccc(Cl)c(Cl)c1)C(=O)CN(c1cc(C(F)(F)F)ccc1Cl)S(=O)(=O)c1ccccc1. The monoisotopic (exact) mass is 663 g/mol. The Hall–Kier alpha value is -2.99. The van der Waals surface area contributed by atoms with Gasteiger partial charge in [-0.1, -0.05) is 66.0 Å². The topological polar surface area (TPSA) is 86.8 Å². The van der Waals surface area contributed by atoms with Crippen molar-refractivity contribution in [2.45, 2.75) is 43.9 Å². The minimum absolute atomic E-state index is 0.189. The van der Waals surface area contributed by atoms with Crippen LogP contribution in [0.5, 0.6) is 0 Å². The zero-order valence-electron chi connectivity index (χ0n) is 22.5. The molecule has 1 N–H and O–H groups in total. The molecule has 0 saturated heterocycles. The molecule has 0 radical (unpaired) electrons. The number of nitrogens with zero attached hydrogens (tertiary/aromatic N) is 2. The first kappa shape index (κ1) is 33.5. The zero-order chi connectivity index (χ0) is 31.2. The third kappa shape index (κ3) is 8.09. The van der Waals surface area contributed by atoms with Gasteiger partial charge in [-0.2, -0.15) is 13.2 Å². The van der Waals surface area contributed by atoms with Gasteiger partial charge in [0.25, 0.3) is 10.0 Å². The molecular weight excluding hydrogens is 638 g/mol. The summed E-state index contributed by atoms with van der Waals surface area (Å²) in [5.41, 5.74) is -1.24. The number of nitrogens with one attached hydrogen (secondary N) is 1. The molecule has 0 aliphatic carbocycles. The molecule has 2 amide bonds. The van der Waals surface area contributed by atoms with Crippen LogP contribution in [0.2, 0.25) is 15.1 Å². The van der Waals surface area contributed by atoms with E-state index in [0.717, 1.165) is 11.0 Å². The second-order valence-corrected chi connectivity index (χ2v) is 12.3. The average molecular weight is 665 g/mol. The Bertz CT molecular complexity index is 1540. The van der Waals surface area contributed by atoms with Gasteiger partial charge in [-0.3, -0.25) is 13.9 Å². The van der Waals surface area contributed by atoms with Crippen molar-refractivity contribution >= 4 is 62.3 Å². The lowest BCUT2D eigenvalue weighted by Gasteiger charge is -2.32. The summed E-state index contributed by atoms with van der Waals surface area (Å²) in [5.74, 6) is -1.40. The molecule has 0 aromatic heterocycles. The molecule has 0 fully saturated rings. The standard InChI is InChI=1S/C28H27Cl3F3N3O4S/c1-3-13-35-27(39)18(2)36(16-19-9-11-22(29)24(31)14-19)26(38)17-37(42(40,41)21-7-5-4-6-8-21)25-15-20(28(32,33)34)10-12-23(25)30/h4-12,14-15,18H,3,13,16-17H2,1-2H3,(H,35,39)/t18-/m1/s1. The Morgan fingerprint density at radius 1 is 0.929 bits per heavy atom. The van der Waals surface area contributed by atoms with Gasteiger partial charge in [-0.15, -0.1) is 0 Å². The van der Waals surface area contributed by atoms with Crippen molar-refractivity contribution in [1.82, 2.24) is 10.2 Å². The Morgan fingerprint density at radius 3 is 2.17 bits per heavy atom. The summed E-state index contributed by atoms with van der Waals surface area (Å²) in [6.07, 6.45) is -4.20. The summed E-state index contributed by atoms with van der Waals surface area (Å²) < 4.78 is 69.0. The lowest BCUT2D eigenvalue weighted by atomic mass is 10.1. The number of alkyl halides is 3. The van der Waals surface area contributed by atoms with Gasteiger partial charge in [0.2, 0.25) is 11.8 Å². The number of halogens is 6. The lowest BCUT2D eigenvalue weighted by molar-refractivity contribution is -0.139. The largest absolute Gasteiger partial charge is 0.416 e. The fraction of sp³-hybridized carbons (Fsp3) is 0.286. The smallest absolute Gasteiger partial charge is 0.354 e. The Kier molecular flexibility index (Phi) is 11.2. The van der Waals surface area contributed by atoms with E-state index >= 15 is 0 Å². The number of carbonyl (C=O) groups is 2. The first-order valence-electron chi connectivity index (χ1n) is 12.6. The maximum atomic E-state index is 13.9. The number of carbonyl (C=O) groups excluding carboxylic acids is 2. The normalized spacial score (nSPS) is 12.5. The highest BCUT2D eigenvalue weighted by molar-refractivity contribution is 7.92. The second-order valence-electron chi connectivity index (χ2n) is 9.23. The molecule has 0 unspecified atom stereocenters. The highest BCUT2D eigenvalue weighted by atomic mass is 35.5. The van der Waals surface area contributed by atoms with Crippen LogP contribution >= 0.6 is 34.8 Å². The molecule has 226 valence electrons. The first-order chi connectivity index (χ1) is 19.7. The molecular formula is C28H27Cl3F3N3O4S. The average Bonchev–Trinajstić information content (AvgIpc) is 2.94. The van der Waals surface area contributed by atoms with E-state index in [0.29, 0.717) is 35.0 Å². The van der Waals surface area contributed by atoms with Crippen LogP contribution in [-0.4, -0.2) is 44.3 Å². The van der Waals surface area contributed by atoms with E-state index in [1.807, 2.05) is 6.92 Å². The second kappa shape index (κ2) is 14.0. The predicted molar refractivity (Wildman–Crippen MR) is 157 cm³/mol. The van der Waals surface area contributed by atoms with Crippen LogP contribution in [0.3, 0.4) is 0 Å². The minimum Gasteiger partial charge on any atom is -0.354 e. The van der Waals surface area contributed by atoms with Gasteiger partial charge in [0.05, 0.1) is 31.2 Å². The molecule has 3 aromatic rings. The van der Waals surface area contributed by atoms with Crippen LogP contribution in [0.1, 0.15) is 31.4 Å². The van der Waals surface area contributed by atoms with E-state index in [9.17, 15) is 31.2 Å². The fourth-order valence-electron chi connectivity index (χ4n) is 3.93. The van der Waals surface area contributed by atoms with Crippen LogP contribution < -0.4 is 9.62 Å². The molecule has 42 heavy (non-hydrogen) atoms. The van der Waals surface area contributed by atoms with Gasteiger partial charge in [0.1, 0.15) is 12.6 Å². The maximum Gasteiger partial charge on any atom is 0.416 e. The molecule has 0 spiro atoms. The molecule has 14 heteroatoms. The van der Waals surface area contributed by atoms with E-state index in [2.05, 4.69) is 5.32 Å². The van der Waals surface area contributed by atoms with E-state index in [4.69, 9.17) is 34.8 Å². The van der Waals surface area contributed by atoms with Gasteiger partial charge in [-0.05, 0) is 61.4 Å². The van der Waals surface area contributed by atoms with Crippen LogP contribution in [0.15, 0.2) is 71.6 Å². The Labute approximate surface area is 257 Å². The van der Waals surface area contributed by atoms with Crippen molar-refractivity contribution in [2.24, 2.45) is 0 Å². The molecule has 3 rings (SSSR count). The number of anilines is 1. The quantitative estimate of drug-likeness (QED) is 0.244. The van der Waals surface area contributed by atoms with Crippen molar-refractivity contribution in [2.75, 3.05) is 17.4 Å². The summed E-state index contributed by atoms with van der Waals surface area (Å²) in [7, 11) is -4.62. The Morgan fingerprint density at radius 2 is 1.57 bits per heavy atom. The van der Waals surface area contributed by atoms with Crippen LogP contribution in [0, 0.1) is 0 Å². The summed E-state index contributed by atoms with van der Waals surface area (Å²) in [6.45, 7) is 2.46. The van der Waals surface area contributed by atoms with Gasteiger partial charge in [0, 0.05) is 13.1 Å². The Balaban J connectivity index is 2.12. The summed E-state index contributed by atoms with van der Waals surface area (Å²) in [5, 5.41) is 2.80. The van der Waals surface area contributed by atoms with E-state index < -0.39 is 51.9 Å². The highest BCUT2D eigenvalue weighted by Crippen LogP contribution is 2.37. The summed E-state index contributed by atoms with van der Waals surface area (Å²) >= 11 is 18.4. The van der Waals surface area contributed by atoms with Gasteiger partial charge in [-0.25, -0.2) is 8.42 Å². The van der Waals surface area contributed by atoms with Gasteiger partial charge < -0.3 is 10.2 Å². The maximum absolute atomic E-state index is 13.9. The molecule has 0 heterocycles. The summed E-state index contributed by atoms with van der Waals surface area (Å²) in [6, 6.07) is 12.5. The number of amides is 2. The molecule has 0 aliphatic rings. The highest BCUT2D eigenvalue weighted by Gasteiger charge is 2.36. The summed E-state index contributed by atoms with van der Waals surface area (Å²) in [4.78, 5) is 27.6. The van der Waals surface area contributed by atoms with Gasteiger partial charge in [0.15, 0.2) is 0 Å². The zero-order valence-corrected chi connectivity index (χ0v) is 25.5.